The molecule has 0 radical (unpaired) electrons. The summed E-state index contributed by atoms with van der Waals surface area (Å²) in [6.45, 7) is 0.0521. The quantitative estimate of drug-likeness (QED) is 0.733. The first-order valence-corrected chi connectivity index (χ1v) is 6.09. The van der Waals surface area contributed by atoms with Gasteiger partial charge in [0, 0.05) is 26.2 Å². The number of ketones is 1. The van der Waals surface area contributed by atoms with Crippen LogP contribution in [0.3, 0.4) is 0 Å². The molecule has 0 N–H and O–H groups in total. The van der Waals surface area contributed by atoms with Gasteiger partial charge in [-0.05, 0) is 11.6 Å². The standard InChI is InChI=1S/C14H16N2O3/c1-15(2)13(18)8-14(19)16-9-11(17)7-10-5-3-4-6-12(10)16/h3-6H,7-9H2,1-2H3. The number of amides is 2. The molecule has 2 amide bonds. The Morgan fingerprint density at radius 3 is 2.63 bits per heavy atom. The molecule has 2 rings (SSSR count). The fourth-order valence-corrected chi connectivity index (χ4v) is 2.06. The highest BCUT2D eigenvalue weighted by molar-refractivity contribution is 6.09. The maximum atomic E-state index is 12.1. The van der Waals surface area contributed by atoms with Crippen LogP contribution in [0.4, 0.5) is 5.69 Å². The van der Waals surface area contributed by atoms with E-state index in [1.165, 1.54) is 9.80 Å². The van der Waals surface area contributed by atoms with Gasteiger partial charge in [-0.15, -0.1) is 0 Å². The fourth-order valence-electron chi connectivity index (χ4n) is 2.06. The number of hydrogen-bond acceptors (Lipinski definition) is 3. The van der Waals surface area contributed by atoms with E-state index in [-0.39, 0.29) is 30.6 Å². The van der Waals surface area contributed by atoms with Gasteiger partial charge in [-0.25, -0.2) is 0 Å². The van der Waals surface area contributed by atoms with Crippen LogP contribution in [0, 0.1) is 0 Å². The molecule has 100 valence electrons. The van der Waals surface area contributed by atoms with Crippen LogP contribution in [0.2, 0.25) is 0 Å². The summed E-state index contributed by atoms with van der Waals surface area (Å²) in [5.74, 6) is -0.607. The molecule has 1 heterocycles. The average Bonchev–Trinajstić information content (AvgIpc) is 2.37. The van der Waals surface area contributed by atoms with E-state index in [1.807, 2.05) is 18.2 Å². The molecule has 5 nitrogen and oxygen atoms in total. The third kappa shape index (κ3) is 2.81. The molecule has 0 atom stereocenters. The van der Waals surface area contributed by atoms with Crippen LogP contribution in [-0.2, 0) is 20.8 Å². The van der Waals surface area contributed by atoms with Gasteiger partial charge in [0.1, 0.15) is 6.42 Å². The molecule has 0 saturated heterocycles. The third-order valence-electron chi connectivity index (χ3n) is 3.11. The molecule has 0 bridgehead atoms. The summed E-state index contributed by atoms with van der Waals surface area (Å²) in [5.41, 5.74) is 1.57. The van der Waals surface area contributed by atoms with Crippen LogP contribution >= 0.6 is 0 Å². The normalized spacial score (nSPS) is 14.0. The Morgan fingerprint density at radius 1 is 1.26 bits per heavy atom. The van der Waals surface area contributed by atoms with Gasteiger partial charge in [-0.1, -0.05) is 18.2 Å². The number of Topliss-reactive ketones (excluding diaryl/α,β-unsaturated/α-hetero) is 1. The fraction of sp³-hybridized carbons (Fsp3) is 0.357. The van der Waals surface area contributed by atoms with Crippen molar-refractivity contribution in [3.8, 4) is 0 Å². The molecule has 0 aromatic heterocycles. The lowest BCUT2D eigenvalue weighted by Gasteiger charge is -2.28. The van der Waals surface area contributed by atoms with Crippen molar-refractivity contribution >= 4 is 23.3 Å². The van der Waals surface area contributed by atoms with Gasteiger partial charge in [0.2, 0.25) is 11.8 Å². The smallest absolute Gasteiger partial charge is 0.236 e. The summed E-state index contributed by atoms with van der Waals surface area (Å²) < 4.78 is 0. The molecule has 1 aromatic carbocycles. The zero-order valence-corrected chi connectivity index (χ0v) is 11.0. The van der Waals surface area contributed by atoms with E-state index in [4.69, 9.17) is 0 Å². The second kappa shape index (κ2) is 5.22. The van der Waals surface area contributed by atoms with Crippen molar-refractivity contribution in [2.45, 2.75) is 12.8 Å². The minimum atomic E-state index is -0.334. The lowest BCUT2D eigenvalue weighted by Crippen LogP contribution is -2.42. The van der Waals surface area contributed by atoms with Crippen molar-refractivity contribution in [3.63, 3.8) is 0 Å². The van der Waals surface area contributed by atoms with Crippen LogP contribution < -0.4 is 4.90 Å². The largest absolute Gasteiger partial charge is 0.348 e. The van der Waals surface area contributed by atoms with Crippen molar-refractivity contribution in [1.29, 1.82) is 0 Å². The lowest BCUT2D eigenvalue weighted by atomic mass is 10.0. The highest BCUT2D eigenvalue weighted by Crippen LogP contribution is 2.25. The van der Waals surface area contributed by atoms with Crippen molar-refractivity contribution in [3.05, 3.63) is 29.8 Å². The lowest BCUT2D eigenvalue weighted by molar-refractivity contribution is -0.134. The average molecular weight is 260 g/mol. The van der Waals surface area contributed by atoms with Gasteiger partial charge in [0.25, 0.3) is 0 Å². The molecule has 1 aliphatic heterocycles. The summed E-state index contributed by atoms with van der Waals surface area (Å²) in [4.78, 5) is 38.2. The highest BCUT2D eigenvalue weighted by atomic mass is 16.2. The number of carbonyl (C=O) groups is 3. The number of anilines is 1. The number of nitrogens with zero attached hydrogens (tertiary/aromatic N) is 2. The predicted octanol–water partition coefficient (Wildman–Crippen LogP) is 0.623. The van der Waals surface area contributed by atoms with E-state index < -0.39 is 0 Å². The molecule has 0 unspecified atom stereocenters. The van der Waals surface area contributed by atoms with Gasteiger partial charge in [-0.3, -0.25) is 14.4 Å². The molecule has 0 fully saturated rings. The molecule has 19 heavy (non-hydrogen) atoms. The van der Waals surface area contributed by atoms with Crippen LogP contribution in [0.5, 0.6) is 0 Å². The van der Waals surface area contributed by atoms with Crippen molar-refractivity contribution in [2.24, 2.45) is 0 Å². The van der Waals surface area contributed by atoms with Gasteiger partial charge >= 0.3 is 0 Å². The minimum Gasteiger partial charge on any atom is -0.348 e. The van der Waals surface area contributed by atoms with Crippen LogP contribution in [0.15, 0.2) is 24.3 Å². The maximum Gasteiger partial charge on any atom is 0.236 e. The molecular weight excluding hydrogens is 244 g/mol. The zero-order valence-electron chi connectivity index (χ0n) is 11.0. The second-order valence-corrected chi connectivity index (χ2v) is 4.79. The Balaban J connectivity index is 2.23. The number of rotatable bonds is 2. The topological polar surface area (TPSA) is 57.7 Å². The first-order chi connectivity index (χ1) is 8.99. The first kappa shape index (κ1) is 13.3. The molecule has 0 spiro atoms. The van der Waals surface area contributed by atoms with Crippen molar-refractivity contribution < 1.29 is 14.4 Å². The predicted molar refractivity (Wildman–Crippen MR) is 70.8 cm³/mol. The number of carbonyl (C=O) groups excluding carboxylic acids is 3. The van der Waals surface area contributed by atoms with Crippen molar-refractivity contribution in [1.82, 2.24) is 4.90 Å². The number of hydrogen-bond donors (Lipinski definition) is 0. The summed E-state index contributed by atoms with van der Waals surface area (Å²) in [5, 5.41) is 0. The molecular formula is C14H16N2O3. The Morgan fingerprint density at radius 2 is 1.95 bits per heavy atom. The highest BCUT2D eigenvalue weighted by Gasteiger charge is 2.28. The number of para-hydroxylation sites is 1. The molecule has 0 aliphatic carbocycles. The third-order valence-corrected chi connectivity index (χ3v) is 3.11. The summed E-state index contributed by atoms with van der Waals surface area (Å²) in [6, 6.07) is 7.30. The molecule has 1 aliphatic rings. The Bertz CT molecular complexity index is 537. The Hall–Kier alpha value is -2.17. The molecule has 0 saturated carbocycles. The Kier molecular flexibility index (Phi) is 3.64. The number of fused-ring (bicyclic) bond motifs is 1. The van der Waals surface area contributed by atoms with E-state index in [2.05, 4.69) is 0 Å². The maximum absolute atomic E-state index is 12.1. The van der Waals surface area contributed by atoms with E-state index in [9.17, 15) is 14.4 Å². The van der Waals surface area contributed by atoms with E-state index in [1.54, 1.807) is 20.2 Å². The van der Waals surface area contributed by atoms with E-state index >= 15 is 0 Å². The van der Waals surface area contributed by atoms with Crippen molar-refractivity contribution in [2.75, 3.05) is 25.5 Å². The van der Waals surface area contributed by atoms with Crippen LogP contribution in [0.1, 0.15) is 12.0 Å². The van der Waals surface area contributed by atoms with Gasteiger partial charge < -0.3 is 9.80 Å². The molecule has 5 heteroatoms. The summed E-state index contributed by atoms with van der Waals surface area (Å²) >= 11 is 0. The summed E-state index contributed by atoms with van der Waals surface area (Å²) in [7, 11) is 3.20. The van der Waals surface area contributed by atoms with Gasteiger partial charge in [0.05, 0.1) is 6.54 Å². The monoisotopic (exact) mass is 260 g/mol. The zero-order chi connectivity index (χ0) is 14.0. The first-order valence-electron chi connectivity index (χ1n) is 6.09. The van der Waals surface area contributed by atoms with Gasteiger partial charge in [-0.2, -0.15) is 0 Å². The second-order valence-electron chi connectivity index (χ2n) is 4.79. The van der Waals surface area contributed by atoms with Crippen LogP contribution in [-0.4, -0.2) is 43.1 Å². The number of benzene rings is 1. The SMILES string of the molecule is CN(C)C(=O)CC(=O)N1CC(=O)Cc2ccccc21. The summed E-state index contributed by atoms with van der Waals surface area (Å²) in [6.07, 6.45) is 0.135. The van der Waals surface area contributed by atoms with E-state index in [0.29, 0.717) is 6.42 Å². The Labute approximate surface area is 111 Å². The van der Waals surface area contributed by atoms with E-state index in [0.717, 1.165) is 11.3 Å². The molecule has 1 aromatic rings. The minimum absolute atomic E-state index is 0.00986. The van der Waals surface area contributed by atoms with Crippen LogP contribution in [0.25, 0.3) is 0 Å². The van der Waals surface area contributed by atoms with Gasteiger partial charge in [0.15, 0.2) is 5.78 Å².